The molecule has 0 aromatic heterocycles. The topological polar surface area (TPSA) is 50.7 Å². The molecule has 1 heterocycles. The lowest BCUT2D eigenvalue weighted by atomic mass is 10.2. The molecule has 1 aromatic carbocycles. The van der Waals surface area contributed by atoms with Crippen LogP contribution in [0.5, 0.6) is 0 Å². The van der Waals surface area contributed by atoms with E-state index in [0.29, 0.717) is 19.8 Å². The molecule has 1 aromatic rings. The molecule has 0 saturated carbocycles. The molecule has 0 radical (unpaired) electrons. The molecule has 4 nitrogen and oxygen atoms in total. The van der Waals surface area contributed by atoms with Gasteiger partial charge < -0.3 is 19.9 Å². The minimum Gasteiger partial charge on any atom is -0.389 e. The van der Waals surface area contributed by atoms with Crippen LogP contribution in [0.25, 0.3) is 0 Å². The van der Waals surface area contributed by atoms with Gasteiger partial charge in [-0.05, 0) is 37.5 Å². The Morgan fingerprint density at radius 2 is 2.42 bits per heavy atom. The Labute approximate surface area is 114 Å². The zero-order valence-electron chi connectivity index (χ0n) is 11.5. The Bertz CT molecular complexity index is 377. The molecule has 19 heavy (non-hydrogen) atoms. The summed E-state index contributed by atoms with van der Waals surface area (Å²) in [5.41, 5.74) is 2.23. The molecule has 106 valence electrons. The molecule has 2 N–H and O–H groups in total. The third-order valence-corrected chi connectivity index (χ3v) is 3.20. The Balaban J connectivity index is 1.60. The molecule has 0 spiro atoms. The van der Waals surface area contributed by atoms with Crippen LogP contribution in [0.2, 0.25) is 0 Å². The van der Waals surface area contributed by atoms with Crippen molar-refractivity contribution in [1.82, 2.24) is 0 Å². The summed E-state index contributed by atoms with van der Waals surface area (Å²) in [5.74, 6) is 0. The van der Waals surface area contributed by atoms with Gasteiger partial charge in [0.1, 0.15) is 0 Å². The van der Waals surface area contributed by atoms with Crippen LogP contribution in [0.4, 0.5) is 5.69 Å². The number of aliphatic hydroxyl groups is 1. The fourth-order valence-corrected chi connectivity index (χ4v) is 2.16. The lowest BCUT2D eigenvalue weighted by molar-refractivity contribution is -0.0137. The van der Waals surface area contributed by atoms with Crippen LogP contribution in [0, 0.1) is 6.92 Å². The number of rotatable bonds is 7. The standard InChI is InChI=1S/C15H23NO3/c1-12-4-2-5-13(8-12)16-9-14(17)10-18-11-15-6-3-7-19-15/h2,4-5,8,14-17H,3,6-7,9-11H2,1H3. The summed E-state index contributed by atoms with van der Waals surface area (Å²) < 4.78 is 10.9. The van der Waals surface area contributed by atoms with E-state index in [9.17, 15) is 5.11 Å². The van der Waals surface area contributed by atoms with Gasteiger partial charge in [0.15, 0.2) is 0 Å². The molecule has 4 heteroatoms. The molecule has 1 aliphatic rings. The molecule has 2 atom stereocenters. The second-order valence-electron chi connectivity index (χ2n) is 5.08. The van der Waals surface area contributed by atoms with Crippen molar-refractivity contribution < 1.29 is 14.6 Å². The van der Waals surface area contributed by atoms with Crippen molar-refractivity contribution in [2.45, 2.75) is 32.0 Å². The van der Waals surface area contributed by atoms with Crippen LogP contribution < -0.4 is 5.32 Å². The maximum absolute atomic E-state index is 9.83. The maximum atomic E-state index is 9.83. The highest BCUT2D eigenvalue weighted by atomic mass is 16.5. The number of anilines is 1. The van der Waals surface area contributed by atoms with Crippen molar-refractivity contribution in [2.75, 3.05) is 31.7 Å². The molecule has 1 fully saturated rings. The number of nitrogens with one attached hydrogen (secondary N) is 1. The SMILES string of the molecule is Cc1cccc(NCC(O)COCC2CCCO2)c1. The maximum Gasteiger partial charge on any atom is 0.0945 e. The van der Waals surface area contributed by atoms with Crippen LogP contribution in [-0.2, 0) is 9.47 Å². The van der Waals surface area contributed by atoms with E-state index in [1.54, 1.807) is 0 Å². The van der Waals surface area contributed by atoms with Crippen molar-refractivity contribution in [1.29, 1.82) is 0 Å². The fourth-order valence-electron chi connectivity index (χ4n) is 2.16. The van der Waals surface area contributed by atoms with E-state index in [2.05, 4.69) is 11.4 Å². The van der Waals surface area contributed by atoms with Crippen molar-refractivity contribution in [2.24, 2.45) is 0 Å². The molecule has 1 aliphatic heterocycles. The van der Waals surface area contributed by atoms with Crippen LogP contribution in [0.3, 0.4) is 0 Å². The Morgan fingerprint density at radius 3 is 3.16 bits per heavy atom. The smallest absolute Gasteiger partial charge is 0.0945 e. The summed E-state index contributed by atoms with van der Waals surface area (Å²) >= 11 is 0. The molecule has 0 bridgehead atoms. The number of benzene rings is 1. The minimum absolute atomic E-state index is 0.219. The van der Waals surface area contributed by atoms with Gasteiger partial charge in [-0.25, -0.2) is 0 Å². The number of aryl methyl sites for hydroxylation is 1. The number of ether oxygens (including phenoxy) is 2. The monoisotopic (exact) mass is 265 g/mol. The van der Waals surface area contributed by atoms with Crippen LogP contribution >= 0.6 is 0 Å². The normalized spacial score (nSPS) is 20.4. The number of hydrogen-bond donors (Lipinski definition) is 2. The van der Waals surface area contributed by atoms with E-state index in [1.165, 1.54) is 5.56 Å². The van der Waals surface area contributed by atoms with Crippen LogP contribution in [0.1, 0.15) is 18.4 Å². The quantitative estimate of drug-likeness (QED) is 0.791. The molecule has 2 unspecified atom stereocenters. The van der Waals surface area contributed by atoms with Gasteiger partial charge in [0.25, 0.3) is 0 Å². The first-order chi connectivity index (χ1) is 9.24. The fraction of sp³-hybridized carbons (Fsp3) is 0.600. The number of hydrogen-bond acceptors (Lipinski definition) is 4. The first-order valence-electron chi connectivity index (χ1n) is 6.92. The summed E-state index contributed by atoms with van der Waals surface area (Å²) in [6.07, 6.45) is 1.90. The largest absolute Gasteiger partial charge is 0.389 e. The van der Waals surface area contributed by atoms with Crippen molar-refractivity contribution in [3.8, 4) is 0 Å². The third kappa shape index (κ3) is 5.19. The van der Waals surface area contributed by atoms with Gasteiger partial charge in [0, 0.05) is 18.8 Å². The summed E-state index contributed by atoms with van der Waals surface area (Å²) in [6, 6.07) is 8.09. The van der Waals surface area contributed by atoms with E-state index in [0.717, 1.165) is 25.1 Å². The predicted molar refractivity (Wildman–Crippen MR) is 75.5 cm³/mol. The highest BCUT2D eigenvalue weighted by Gasteiger charge is 2.16. The lowest BCUT2D eigenvalue weighted by Gasteiger charge is -2.15. The van der Waals surface area contributed by atoms with Crippen molar-refractivity contribution in [3.63, 3.8) is 0 Å². The second kappa shape index (κ2) is 7.48. The highest BCUT2D eigenvalue weighted by Crippen LogP contribution is 2.12. The van der Waals surface area contributed by atoms with Gasteiger partial charge in [-0.1, -0.05) is 12.1 Å². The summed E-state index contributed by atoms with van der Waals surface area (Å²) in [4.78, 5) is 0. The molecular weight excluding hydrogens is 242 g/mol. The van der Waals surface area contributed by atoms with E-state index >= 15 is 0 Å². The minimum atomic E-state index is -0.498. The van der Waals surface area contributed by atoms with Gasteiger partial charge in [0.2, 0.25) is 0 Å². The van der Waals surface area contributed by atoms with E-state index in [-0.39, 0.29) is 6.10 Å². The van der Waals surface area contributed by atoms with Crippen LogP contribution in [-0.4, -0.2) is 43.7 Å². The van der Waals surface area contributed by atoms with Gasteiger partial charge in [-0.15, -0.1) is 0 Å². The highest BCUT2D eigenvalue weighted by molar-refractivity contribution is 5.45. The molecule has 0 aliphatic carbocycles. The Morgan fingerprint density at radius 1 is 1.53 bits per heavy atom. The lowest BCUT2D eigenvalue weighted by Crippen LogP contribution is -2.27. The molecule has 2 rings (SSSR count). The molecule has 0 amide bonds. The first kappa shape index (κ1) is 14.3. The van der Waals surface area contributed by atoms with Gasteiger partial charge in [-0.3, -0.25) is 0 Å². The Hall–Kier alpha value is -1.10. The van der Waals surface area contributed by atoms with Crippen LogP contribution in [0.15, 0.2) is 24.3 Å². The first-order valence-corrected chi connectivity index (χ1v) is 6.92. The van der Waals surface area contributed by atoms with Crippen molar-refractivity contribution in [3.05, 3.63) is 29.8 Å². The summed E-state index contributed by atoms with van der Waals surface area (Å²) in [5, 5.41) is 13.0. The zero-order chi connectivity index (χ0) is 13.5. The van der Waals surface area contributed by atoms with E-state index < -0.39 is 6.10 Å². The second-order valence-corrected chi connectivity index (χ2v) is 5.08. The summed E-state index contributed by atoms with van der Waals surface area (Å²) in [6.45, 7) is 4.31. The molecular formula is C15H23NO3. The predicted octanol–water partition coefficient (Wildman–Crippen LogP) is 1.96. The zero-order valence-corrected chi connectivity index (χ0v) is 11.5. The van der Waals surface area contributed by atoms with Gasteiger partial charge in [-0.2, -0.15) is 0 Å². The average Bonchev–Trinajstić information content (AvgIpc) is 2.90. The van der Waals surface area contributed by atoms with Crippen molar-refractivity contribution >= 4 is 5.69 Å². The third-order valence-electron chi connectivity index (χ3n) is 3.20. The molecule has 1 saturated heterocycles. The number of aliphatic hydroxyl groups excluding tert-OH is 1. The summed E-state index contributed by atoms with van der Waals surface area (Å²) in [7, 11) is 0. The van der Waals surface area contributed by atoms with Gasteiger partial charge in [0.05, 0.1) is 25.4 Å². The average molecular weight is 265 g/mol. The van der Waals surface area contributed by atoms with E-state index in [4.69, 9.17) is 9.47 Å². The van der Waals surface area contributed by atoms with E-state index in [1.807, 2.05) is 25.1 Å². The Kier molecular flexibility index (Phi) is 5.63. The van der Waals surface area contributed by atoms with Gasteiger partial charge >= 0.3 is 0 Å².